The number of nitrogens with zero attached hydrogens (tertiary/aromatic N) is 1. The smallest absolute Gasteiger partial charge is 0.336 e. The van der Waals surface area contributed by atoms with Gasteiger partial charge in [-0.1, -0.05) is 18.5 Å². The Labute approximate surface area is 201 Å². The van der Waals surface area contributed by atoms with Gasteiger partial charge in [0.15, 0.2) is 5.78 Å². The Bertz CT molecular complexity index is 1060. The van der Waals surface area contributed by atoms with E-state index in [1.165, 1.54) is 18.4 Å². The number of hydrogen-bond acceptors (Lipinski definition) is 6. The predicted molar refractivity (Wildman–Crippen MR) is 125 cm³/mol. The Morgan fingerprint density at radius 3 is 2.70 bits per heavy atom. The maximum Gasteiger partial charge on any atom is 0.336 e. The van der Waals surface area contributed by atoms with Crippen molar-refractivity contribution in [2.45, 2.75) is 44.9 Å². The summed E-state index contributed by atoms with van der Waals surface area (Å²) in [6.07, 6.45) is 1.50. The Morgan fingerprint density at radius 2 is 2.06 bits per heavy atom. The number of likely N-dealkylation sites (tertiary alicyclic amines) is 1. The number of amides is 2. The average Bonchev–Trinajstić information content (AvgIpc) is 3.23. The molecule has 3 rings (SSSR count). The van der Waals surface area contributed by atoms with Crippen LogP contribution in [-0.2, 0) is 20.8 Å². The van der Waals surface area contributed by atoms with E-state index in [4.69, 9.17) is 16.3 Å². The van der Waals surface area contributed by atoms with Crippen LogP contribution in [0.15, 0.2) is 29.6 Å². The van der Waals surface area contributed by atoms with Gasteiger partial charge in [0.2, 0.25) is 11.8 Å². The summed E-state index contributed by atoms with van der Waals surface area (Å²) in [7, 11) is 1.53. The normalized spacial score (nSPS) is 17.5. The Kier molecular flexibility index (Phi) is 8.26. The molecule has 0 spiro atoms. The molecule has 33 heavy (non-hydrogen) atoms. The van der Waals surface area contributed by atoms with Crippen LogP contribution in [0.1, 0.15) is 59.3 Å². The molecule has 0 saturated carbocycles. The van der Waals surface area contributed by atoms with Gasteiger partial charge in [0.05, 0.1) is 19.2 Å². The zero-order valence-corrected chi connectivity index (χ0v) is 20.1. The Hall–Kier alpha value is -2.71. The minimum Gasteiger partial charge on any atom is -0.496 e. The van der Waals surface area contributed by atoms with Crippen LogP contribution in [0, 0.1) is 5.92 Å². The number of benzene rings is 1. The highest BCUT2D eigenvalue weighted by molar-refractivity contribution is 7.10. The van der Waals surface area contributed by atoms with Crippen LogP contribution >= 0.6 is 22.9 Å². The van der Waals surface area contributed by atoms with Crippen molar-refractivity contribution in [3.05, 3.63) is 50.7 Å². The average molecular weight is 492 g/mol. The molecule has 1 aromatic heterocycles. The van der Waals surface area contributed by atoms with Gasteiger partial charge in [-0.25, -0.2) is 4.79 Å². The number of Topliss-reactive ketones (excluding diaryl/α,β-unsaturated/α-hetero) is 1. The number of ketones is 1. The van der Waals surface area contributed by atoms with Crippen molar-refractivity contribution in [3.8, 4) is 5.75 Å². The van der Waals surface area contributed by atoms with E-state index >= 15 is 0 Å². The Morgan fingerprint density at radius 1 is 1.30 bits per heavy atom. The van der Waals surface area contributed by atoms with Crippen molar-refractivity contribution >= 4 is 46.5 Å². The number of carboxylic acids is 1. The minimum atomic E-state index is -1.02. The lowest BCUT2D eigenvalue weighted by Crippen LogP contribution is -2.42. The molecule has 176 valence electrons. The second kappa shape index (κ2) is 10.9. The second-order valence-corrected chi connectivity index (χ2v) is 9.48. The molecule has 2 aromatic rings. The van der Waals surface area contributed by atoms with Crippen molar-refractivity contribution in [3.63, 3.8) is 0 Å². The van der Waals surface area contributed by atoms with Crippen molar-refractivity contribution in [2.75, 3.05) is 13.7 Å². The number of carbonyl (C=O) groups excluding carboxylic acids is 3. The first-order valence-electron chi connectivity index (χ1n) is 10.7. The largest absolute Gasteiger partial charge is 0.496 e. The van der Waals surface area contributed by atoms with Gasteiger partial charge in [0.1, 0.15) is 5.75 Å². The highest BCUT2D eigenvalue weighted by Gasteiger charge is 2.35. The number of imide groups is 1. The van der Waals surface area contributed by atoms with E-state index in [9.17, 15) is 24.3 Å². The number of thiophene rings is 1. The zero-order valence-electron chi connectivity index (χ0n) is 18.5. The molecule has 1 saturated heterocycles. The van der Waals surface area contributed by atoms with E-state index in [1.54, 1.807) is 29.6 Å². The van der Waals surface area contributed by atoms with E-state index in [0.29, 0.717) is 30.0 Å². The van der Waals surface area contributed by atoms with Crippen LogP contribution in [0.2, 0.25) is 5.02 Å². The first kappa shape index (κ1) is 24.9. The third-order valence-corrected chi connectivity index (χ3v) is 7.24. The first-order chi connectivity index (χ1) is 15.7. The fraction of sp³-hybridized carbons (Fsp3) is 0.417. The molecule has 9 heteroatoms. The summed E-state index contributed by atoms with van der Waals surface area (Å²) in [6, 6.07) is 6.73. The third kappa shape index (κ3) is 6.00. The molecule has 0 unspecified atom stereocenters. The van der Waals surface area contributed by atoms with Gasteiger partial charge in [-0.15, -0.1) is 11.3 Å². The standard InChI is InChI=1S/C24H26ClNO6S/c1-3-14(21-10-17(13-33-21)24(30)31)11-22(28)26-12-19(27)6-4-15(23(26)29)8-16-9-18(25)5-7-20(16)32-2/h5,7,9-10,13-15H,3-4,6,8,11-12H2,1-2H3,(H,30,31)/t14-,15-/m0/s1. The lowest BCUT2D eigenvalue weighted by atomic mass is 9.93. The van der Waals surface area contributed by atoms with Gasteiger partial charge >= 0.3 is 5.97 Å². The molecule has 2 heterocycles. The van der Waals surface area contributed by atoms with E-state index in [0.717, 1.165) is 15.3 Å². The lowest BCUT2D eigenvalue weighted by molar-refractivity contribution is -0.148. The van der Waals surface area contributed by atoms with Gasteiger partial charge in [-0.05, 0) is 49.1 Å². The van der Waals surface area contributed by atoms with Crippen LogP contribution in [0.4, 0.5) is 0 Å². The summed E-state index contributed by atoms with van der Waals surface area (Å²) in [6.45, 7) is 1.67. The highest BCUT2D eigenvalue weighted by Crippen LogP contribution is 2.32. The lowest BCUT2D eigenvalue weighted by Gasteiger charge is -2.24. The summed E-state index contributed by atoms with van der Waals surface area (Å²) in [4.78, 5) is 51.9. The van der Waals surface area contributed by atoms with Crippen molar-refractivity contribution in [1.29, 1.82) is 0 Å². The van der Waals surface area contributed by atoms with Crippen LogP contribution < -0.4 is 4.74 Å². The summed E-state index contributed by atoms with van der Waals surface area (Å²) < 4.78 is 5.38. The summed E-state index contributed by atoms with van der Waals surface area (Å²) >= 11 is 7.40. The van der Waals surface area contributed by atoms with E-state index < -0.39 is 17.8 Å². The molecule has 1 aliphatic rings. The number of aromatic carboxylic acids is 1. The first-order valence-corrected chi connectivity index (χ1v) is 12.0. The van der Waals surface area contributed by atoms with Crippen LogP contribution in [-0.4, -0.2) is 47.2 Å². The molecular formula is C24H26ClNO6S. The minimum absolute atomic E-state index is 0.0301. The second-order valence-electron chi connectivity index (χ2n) is 8.10. The molecule has 1 fully saturated rings. The van der Waals surface area contributed by atoms with Crippen LogP contribution in [0.25, 0.3) is 0 Å². The molecule has 0 aliphatic carbocycles. The van der Waals surface area contributed by atoms with Gasteiger partial charge < -0.3 is 9.84 Å². The van der Waals surface area contributed by atoms with Crippen molar-refractivity contribution in [1.82, 2.24) is 4.90 Å². The number of rotatable bonds is 8. The molecule has 2 atom stereocenters. The highest BCUT2D eigenvalue weighted by atomic mass is 35.5. The number of hydrogen-bond donors (Lipinski definition) is 1. The maximum atomic E-state index is 13.3. The number of methoxy groups -OCH3 is 1. The van der Waals surface area contributed by atoms with Gasteiger partial charge in [-0.2, -0.15) is 0 Å². The third-order valence-electron chi connectivity index (χ3n) is 5.91. The SMILES string of the molecule is CC[C@@H](CC(=O)N1CC(=O)CC[C@@H](Cc2cc(Cl)ccc2OC)C1=O)c1cc(C(=O)O)cs1. The summed E-state index contributed by atoms with van der Waals surface area (Å²) in [5.74, 6) is -2.16. The Balaban J connectivity index is 1.79. The monoisotopic (exact) mass is 491 g/mol. The fourth-order valence-electron chi connectivity index (χ4n) is 4.03. The predicted octanol–water partition coefficient (Wildman–Crippen LogP) is 4.57. The van der Waals surface area contributed by atoms with Crippen LogP contribution in [0.5, 0.6) is 5.75 Å². The van der Waals surface area contributed by atoms with Crippen LogP contribution in [0.3, 0.4) is 0 Å². The van der Waals surface area contributed by atoms with Gasteiger partial charge in [-0.3, -0.25) is 19.3 Å². The molecule has 1 aromatic carbocycles. The van der Waals surface area contributed by atoms with Crippen molar-refractivity contribution in [2.24, 2.45) is 5.92 Å². The summed E-state index contributed by atoms with van der Waals surface area (Å²) in [5, 5.41) is 11.2. The van der Waals surface area contributed by atoms with Crippen molar-refractivity contribution < 1.29 is 29.0 Å². The number of carboxylic acid groups (broad SMARTS) is 1. The van der Waals surface area contributed by atoms with E-state index in [1.807, 2.05) is 6.92 Å². The molecule has 0 radical (unpaired) electrons. The molecule has 7 nitrogen and oxygen atoms in total. The quantitative estimate of drug-likeness (QED) is 0.580. The number of ether oxygens (including phenoxy) is 1. The molecule has 1 aliphatic heterocycles. The van der Waals surface area contributed by atoms with Gasteiger partial charge in [0, 0.05) is 40.0 Å². The molecule has 1 N–H and O–H groups in total. The molecule has 2 amide bonds. The number of carbonyl (C=O) groups is 4. The van der Waals surface area contributed by atoms with E-state index in [2.05, 4.69) is 0 Å². The molecule has 0 bridgehead atoms. The zero-order chi connectivity index (χ0) is 24.1. The topological polar surface area (TPSA) is 101 Å². The number of halogens is 1. The fourth-order valence-corrected chi connectivity index (χ4v) is 5.30. The van der Waals surface area contributed by atoms with Gasteiger partial charge in [0.25, 0.3) is 0 Å². The maximum absolute atomic E-state index is 13.3. The molecular weight excluding hydrogens is 466 g/mol. The summed E-state index contributed by atoms with van der Waals surface area (Å²) in [5.41, 5.74) is 0.925. The van der Waals surface area contributed by atoms with E-state index in [-0.39, 0.29) is 42.6 Å².